The summed E-state index contributed by atoms with van der Waals surface area (Å²) in [4.78, 5) is 2.36. The van der Waals surface area contributed by atoms with E-state index in [2.05, 4.69) is 98.4 Å². The number of β-amino-alcohol motifs (C(OH)–C–C–N with tert-alkyl or cyclic N) is 1. The van der Waals surface area contributed by atoms with Crippen molar-refractivity contribution in [3.63, 3.8) is 0 Å². The van der Waals surface area contributed by atoms with Crippen LogP contribution in [0.3, 0.4) is 0 Å². The summed E-state index contributed by atoms with van der Waals surface area (Å²) in [5.41, 5.74) is 2.52. The van der Waals surface area contributed by atoms with Crippen LogP contribution in [0.5, 0.6) is 11.5 Å². The zero-order chi connectivity index (χ0) is 26.5. The third kappa shape index (κ3) is 9.69. The van der Waals surface area contributed by atoms with Gasteiger partial charge in [0.05, 0.1) is 0 Å². The van der Waals surface area contributed by atoms with E-state index in [1.54, 1.807) is 6.08 Å². The number of nitrogens with one attached hydrogen (secondary N) is 1. The molecule has 2 N–H and O–H groups in total. The minimum atomic E-state index is -0.641. The van der Waals surface area contributed by atoms with Gasteiger partial charge in [0.15, 0.2) is 11.5 Å². The largest absolute Gasteiger partial charge is 0.487 e. The molecule has 0 aliphatic rings. The first-order valence-corrected chi connectivity index (χ1v) is 13.0. The molecule has 37 heavy (non-hydrogen) atoms. The summed E-state index contributed by atoms with van der Waals surface area (Å²) < 4.78 is 11.5. The van der Waals surface area contributed by atoms with Gasteiger partial charge in [-0.3, -0.25) is 0 Å². The van der Waals surface area contributed by atoms with Crippen LogP contribution < -0.4 is 14.8 Å². The van der Waals surface area contributed by atoms with Gasteiger partial charge in [0.25, 0.3) is 0 Å². The lowest BCUT2D eigenvalue weighted by atomic mass is 9.88. The first kappa shape index (κ1) is 28.5. The first-order chi connectivity index (χ1) is 17.9. The summed E-state index contributed by atoms with van der Waals surface area (Å²) >= 11 is 0. The maximum absolute atomic E-state index is 10.5. The molecule has 1 atom stereocenters. The molecule has 0 heterocycles. The molecule has 0 bridgehead atoms. The lowest BCUT2D eigenvalue weighted by Crippen LogP contribution is -2.51. The molecule has 1 unspecified atom stereocenters. The first-order valence-electron chi connectivity index (χ1n) is 13.0. The van der Waals surface area contributed by atoms with Crippen molar-refractivity contribution in [2.24, 2.45) is 0 Å². The van der Waals surface area contributed by atoms with Crippen LogP contribution in [0.25, 0.3) is 0 Å². The zero-order valence-corrected chi connectivity index (χ0v) is 22.5. The van der Waals surface area contributed by atoms with E-state index >= 15 is 0 Å². The fourth-order valence-corrected chi connectivity index (χ4v) is 4.53. The summed E-state index contributed by atoms with van der Waals surface area (Å²) in [6, 6.07) is 29.0. The van der Waals surface area contributed by atoms with Crippen LogP contribution in [0, 0.1) is 0 Å². The Bertz CT molecular complexity index is 1020. The van der Waals surface area contributed by atoms with Crippen LogP contribution >= 0.6 is 0 Å². The summed E-state index contributed by atoms with van der Waals surface area (Å²) in [5, 5.41) is 14.1. The van der Waals surface area contributed by atoms with Crippen molar-refractivity contribution in [1.82, 2.24) is 10.2 Å². The Hall–Kier alpha value is -3.12. The van der Waals surface area contributed by atoms with Gasteiger partial charge in [-0.1, -0.05) is 85.5 Å². The van der Waals surface area contributed by atoms with Crippen molar-refractivity contribution in [3.05, 3.63) is 109 Å². The molecular weight excluding hydrogens is 460 g/mol. The van der Waals surface area contributed by atoms with Gasteiger partial charge in [0.2, 0.25) is 0 Å². The SMILES string of the molecule is C=CCOc1ccccc1OCC(O)CNC(C)(C)CN(C)CCC(c1ccccc1)c1ccccc1. The van der Waals surface area contributed by atoms with E-state index in [-0.39, 0.29) is 12.1 Å². The molecule has 3 aromatic rings. The molecule has 0 saturated heterocycles. The molecule has 0 amide bonds. The number of hydrogen-bond donors (Lipinski definition) is 2. The highest BCUT2D eigenvalue weighted by Crippen LogP contribution is 2.28. The predicted octanol–water partition coefficient (Wildman–Crippen LogP) is 5.51. The van der Waals surface area contributed by atoms with E-state index in [9.17, 15) is 5.11 Å². The number of aliphatic hydroxyl groups is 1. The average molecular weight is 503 g/mol. The molecule has 5 nitrogen and oxygen atoms in total. The van der Waals surface area contributed by atoms with E-state index in [0.29, 0.717) is 30.6 Å². The highest BCUT2D eigenvalue weighted by Gasteiger charge is 2.22. The number of ether oxygens (including phenoxy) is 2. The quantitative estimate of drug-likeness (QED) is 0.253. The Kier molecular flexibility index (Phi) is 11.2. The summed E-state index contributed by atoms with van der Waals surface area (Å²) in [6.45, 7) is 10.9. The van der Waals surface area contributed by atoms with Gasteiger partial charge in [-0.15, -0.1) is 0 Å². The Morgan fingerprint density at radius 3 is 2.00 bits per heavy atom. The van der Waals surface area contributed by atoms with Crippen molar-refractivity contribution < 1.29 is 14.6 Å². The summed E-state index contributed by atoms with van der Waals surface area (Å²) in [5.74, 6) is 1.63. The van der Waals surface area contributed by atoms with Gasteiger partial charge in [-0.2, -0.15) is 0 Å². The molecule has 0 radical (unpaired) electrons. The molecule has 0 aromatic heterocycles. The second kappa shape index (κ2) is 14.6. The Balaban J connectivity index is 1.47. The van der Waals surface area contributed by atoms with Crippen molar-refractivity contribution in [2.45, 2.75) is 37.8 Å². The predicted molar refractivity (Wildman–Crippen MR) is 153 cm³/mol. The summed E-state index contributed by atoms with van der Waals surface area (Å²) in [7, 11) is 2.16. The second-order valence-electron chi connectivity index (χ2n) is 10.2. The molecule has 198 valence electrons. The van der Waals surface area contributed by atoms with Gasteiger partial charge in [0.1, 0.15) is 19.3 Å². The standard InChI is InChI=1S/C32H42N2O3/c1-5-22-36-30-18-12-13-19-31(30)37-24-28(35)23-33-32(2,3)25-34(4)21-20-29(26-14-8-6-9-15-26)27-16-10-7-11-17-27/h5-19,28-29,33,35H,1,20-25H2,2-4H3. The van der Waals surface area contributed by atoms with Gasteiger partial charge < -0.3 is 24.8 Å². The summed E-state index contributed by atoms with van der Waals surface area (Å²) in [6.07, 6.45) is 2.08. The Morgan fingerprint density at radius 1 is 0.892 bits per heavy atom. The normalized spacial score (nSPS) is 12.5. The number of benzene rings is 3. The number of rotatable bonds is 16. The maximum atomic E-state index is 10.5. The zero-order valence-electron chi connectivity index (χ0n) is 22.5. The van der Waals surface area contributed by atoms with Crippen LogP contribution in [0.2, 0.25) is 0 Å². The third-order valence-electron chi connectivity index (χ3n) is 6.32. The molecule has 3 rings (SSSR count). The molecule has 0 spiro atoms. The monoisotopic (exact) mass is 502 g/mol. The van der Waals surface area contributed by atoms with E-state index in [0.717, 1.165) is 19.5 Å². The number of hydrogen-bond acceptors (Lipinski definition) is 5. The lowest BCUT2D eigenvalue weighted by Gasteiger charge is -2.33. The van der Waals surface area contributed by atoms with Gasteiger partial charge >= 0.3 is 0 Å². The highest BCUT2D eigenvalue weighted by atomic mass is 16.5. The number of para-hydroxylation sites is 2. The molecule has 0 aliphatic heterocycles. The molecular formula is C32H42N2O3. The topological polar surface area (TPSA) is 54.0 Å². The smallest absolute Gasteiger partial charge is 0.161 e. The minimum absolute atomic E-state index is 0.171. The fourth-order valence-electron chi connectivity index (χ4n) is 4.53. The van der Waals surface area contributed by atoms with E-state index in [1.807, 2.05) is 24.3 Å². The van der Waals surface area contributed by atoms with Gasteiger partial charge in [0, 0.05) is 24.5 Å². The van der Waals surface area contributed by atoms with Crippen molar-refractivity contribution >= 4 is 0 Å². The van der Waals surface area contributed by atoms with Crippen molar-refractivity contribution in [2.75, 3.05) is 39.9 Å². The number of nitrogens with zero attached hydrogens (tertiary/aromatic N) is 1. The molecule has 3 aromatic carbocycles. The number of likely N-dealkylation sites (N-methyl/N-ethyl adjacent to an activating group) is 1. The van der Waals surface area contributed by atoms with Gasteiger partial charge in [-0.25, -0.2) is 0 Å². The van der Waals surface area contributed by atoms with Crippen LogP contribution in [-0.4, -0.2) is 61.5 Å². The fraction of sp³-hybridized carbons (Fsp3) is 0.375. The molecule has 0 fully saturated rings. The number of aliphatic hydroxyl groups excluding tert-OH is 1. The van der Waals surface area contributed by atoms with Gasteiger partial charge in [-0.05, 0) is 57.1 Å². The molecule has 5 heteroatoms. The van der Waals surface area contributed by atoms with E-state index in [4.69, 9.17) is 9.47 Å². The minimum Gasteiger partial charge on any atom is -0.487 e. The highest BCUT2D eigenvalue weighted by molar-refractivity contribution is 5.39. The lowest BCUT2D eigenvalue weighted by molar-refractivity contribution is 0.0934. The van der Waals surface area contributed by atoms with Crippen molar-refractivity contribution in [3.8, 4) is 11.5 Å². The maximum Gasteiger partial charge on any atom is 0.161 e. The van der Waals surface area contributed by atoms with Crippen LogP contribution in [0.1, 0.15) is 37.3 Å². The van der Waals surface area contributed by atoms with Crippen LogP contribution in [0.4, 0.5) is 0 Å². The van der Waals surface area contributed by atoms with Crippen molar-refractivity contribution in [1.29, 1.82) is 0 Å². The second-order valence-corrected chi connectivity index (χ2v) is 10.2. The Labute approximate surface area is 222 Å². The molecule has 0 saturated carbocycles. The van der Waals surface area contributed by atoms with E-state index in [1.165, 1.54) is 11.1 Å². The van der Waals surface area contributed by atoms with E-state index < -0.39 is 6.10 Å². The van der Waals surface area contributed by atoms with Crippen LogP contribution in [0.15, 0.2) is 97.6 Å². The molecule has 0 aliphatic carbocycles. The third-order valence-corrected chi connectivity index (χ3v) is 6.32. The Morgan fingerprint density at radius 2 is 1.43 bits per heavy atom. The average Bonchev–Trinajstić information content (AvgIpc) is 2.91. The van der Waals surface area contributed by atoms with Crippen LogP contribution in [-0.2, 0) is 0 Å².